The molecule has 0 fully saturated rings. The number of rotatable bonds is 6. The van der Waals surface area contributed by atoms with Crippen molar-refractivity contribution in [3.05, 3.63) is 57.5 Å². The minimum absolute atomic E-state index is 0.0556. The van der Waals surface area contributed by atoms with Crippen LogP contribution < -0.4 is 5.32 Å². The molecular weight excluding hydrogens is 315 g/mol. The number of amides is 1. The van der Waals surface area contributed by atoms with Gasteiger partial charge in [-0.3, -0.25) is 9.59 Å². The molecule has 1 aromatic carbocycles. The molecule has 1 heterocycles. The van der Waals surface area contributed by atoms with Crippen LogP contribution >= 0.6 is 11.3 Å². The van der Waals surface area contributed by atoms with Crippen LogP contribution in [0.4, 0.5) is 4.39 Å². The lowest BCUT2D eigenvalue weighted by molar-refractivity contribution is 0.0945. The molecule has 2 aromatic rings. The zero-order valence-corrected chi connectivity index (χ0v) is 14.1. The number of Topliss-reactive ketones (excluding diaryl/α,β-unsaturated/α-hetero) is 1. The fraction of sp³-hybridized carbons (Fsp3) is 0.294. The van der Waals surface area contributed by atoms with E-state index >= 15 is 0 Å². The van der Waals surface area contributed by atoms with E-state index < -0.39 is 0 Å². The molecule has 0 aliphatic carbocycles. The summed E-state index contributed by atoms with van der Waals surface area (Å²) in [5.41, 5.74) is 0.797. The summed E-state index contributed by atoms with van der Waals surface area (Å²) in [6, 6.07) is 9.50. The first-order valence-corrected chi connectivity index (χ1v) is 8.01. The van der Waals surface area contributed by atoms with E-state index in [9.17, 15) is 14.0 Å². The molecule has 4 nitrogen and oxygen atoms in total. The third kappa shape index (κ3) is 4.46. The Kier molecular flexibility index (Phi) is 5.63. The number of carbonyl (C=O) groups excluding carboxylic acids is 2. The summed E-state index contributed by atoms with van der Waals surface area (Å²) in [6.45, 7) is 1.82. The molecule has 1 N–H and O–H groups in total. The van der Waals surface area contributed by atoms with E-state index in [1.54, 1.807) is 18.2 Å². The topological polar surface area (TPSA) is 49.4 Å². The number of halogens is 1. The summed E-state index contributed by atoms with van der Waals surface area (Å²) in [5.74, 6) is -0.587. The van der Waals surface area contributed by atoms with E-state index in [1.165, 1.54) is 30.4 Å². The molecular formula is C17H19FN2O2S. The van der Waals surface area contributed by atoms with Gasteiger partial charge in [0.2, 0.25) is 0 Å². The molecule has 2 rings (SSSR count). The van der Waals surface area contributed by atoms with Gasteiger partial charge in [0.25, 0.3) is 5.91 Å². The Morgan fingerprint density at radius 3 is 2.48 bits per heavy atom. The van der Waals surface area contributed by atoms with E-state index in [2.05, 4.69) is 5.32 Å². The van der Waals surface area contributed by atoms with Gasteiger partial charge in [-0.2, -0.15) is 0 Å². The minimum atomic E-state index is -0.301. The largest absolute Gasteiger partial charge is 0.349 e. The van der Waals surface area contributed by atoms with Crippen molar-refractivity contribution < 1.29 is 14.0 Å². The fourth-order valence-corrected chi connectivity index (χ4v) is 3.06. The highest BCUT2D eigenvalue weighted by molar-refractivity contribution is 7.15. The van der Waals surface area contributed by atoms with Crippen LogP contribution in [0.25, 0.3) is 0 Å². The van der Waals surface area contributed by atoms with Crippen LogP contribution in [0.5, 0.6) is 0 Å². The van der Waals surface area contributed by atoms with E-state index in [1.807, 2.05) is 25.1 Å². The van der Waals surface area contributed by atoms with Crippen molar-refractivity contribution in [2.24, 2.45) is 0 Å². The maximum atomic E-state index is 13.4. The van der Waals surface area contributed by atoms with Gasteiger partial charge in [0, 0.05) is 6.54 Å². The van der Waals surface area contributed by atoms with Crippen LogP contribution in [0.15, 0.2) is 36.4 Å². The van der Waals surface area contributed by atoms with Crippen LogP contribution in [0, 0.1) is 5.82 Å². The molecule has 0 saturated carbocycles. The maximum absolute atomic E-state index is 13.4. The number of carbonyl (C=O) groups is 2. The molecule has 0 spiro atoms. The second-order valence-electron chi connectivity index (χ2n) is 5.46. The minimum Gasteiger partial charge on any atom is -0.349 e. The number of hydrogen-bond acceptors (Lipinski definition) is 4. The van der Waals surface area contributed by atoms with Crippen LogP contribution in [0.1, 0.15) is 37.9 Å². The monoisotopic (exact) mass is 334 g/mol. The number of nitrogens with one attached hydrogen (secondary N) is 1. The van der Waals surface area contributed by atoms with Crippen molar-refractivity contribution in [1.29, 1.82) is 0 Å². The molecule has 0 bridgehead atoms. The average Bonchev–Trinajstić information content (AvgIpc) is 2.97. The normalized spacial score (nSPS) is 12.2. The summed E-state index contributed by atoms with van der Waals surface area (Å²) in [5, 5.41) is 2.85. The summed E-state index contributed by atoms with van der Waals surface area (Å²) < 4.78 is 13.4. The Morgan fingerprint density at radius 1 is 1.22 bits per heavy atom. The number of hydrogen-bond donors (Lipinski definition) is 1. The molecule has 1 atom stereocenters. The van der Waals surface area contributed by atoms with Crippen LogP contribution in [-0.4, -0.2) is 37.2 Å². The van der Waals surface area contributed by atoms with E-state index in [0.29, 0.717) is 16.3 Å². The summed E-state index contributed by atoms with van der Waals surface area (Å²) in [4.78, 5) is 26.5. The molecule has 6 heteroatoms. The van der Waals surface area contributed by atoms with Crippen LogP contribution in [0.2, 0.25) is 0 Å². The standard InChI is InChI=1S/C17H19FN2O2S/c1-11(21)15-7-8-16(23-15)17(22)19-10-14(20(2)3)12-5-4-6-13(18)9-12/h4-9,14H,10H2,1-3H3,(H,19,22)/t14-/m1/s1. The van der Waals surface area contributed by atoms with Gasteiger partial charge in [-0.1, -0.05) is 12.1 Å². The second-order valence-corrected chi connectivity index (χ2v) is 6.55. The van der Waals surface area contributed by atoms with Crippen molar-refractivity contribution in [3.63, 3.8) is 0 Å². The smallest absolute Gasteiger partial charge is 0.261 e. The Hall–Kier alpha value is -2.05. The van der Waals surface area contributed by atoms with Gasteiger partial charge < -0.3 is 10.2 Å². The highest BCUT2D eigenvalue weighted by Crippen LogP contribution is 2.20. The van der Waals surface area contributed by atoms with Crippen LogP contribution in [-0.2, 0) is 0 Å². The van der Waals surface area contributed by atoms with Gasteiger partial charge in [-0.25, -0.2) is 4.39 Å². The fourth-order valence-electron chi connectivity index (χ4n) is 2.24. The van der Waals surface area contributed by atoms with Gasteiger partial charge in [0.15, 0.2) is 5.78 Å². The lowest BCUT2D eigenvalue weighted by Crippen LogP contribution is -2.34. The Balaban J connectivity index is 2.06. The van der Waals surface area contributed by atoms with Crippen molar-refractivity contribution in [1.82, 2.24) is 10.2 Å². The molecule has 1 amide bonds. The van der Waals surface area contributed by atoms with E-state index in [4.69, 9.17) is 0 Å². The maximum Gasteiger partial charge on any atom is 0.261 e. The predicted octanol–water partition coefficient (Wildman–Crippen LogP) is 3.12. The van der Waals surface area contributed by atoms with Gasteiger partial charge in [-0.15, -0.1) is 11.3 Å². The molecule has 23 heavy (non-hydrogen) atoms. The first-order valence-electron chi connectivity index (χ1n) is 7.19. The third-order valence-corrected chi connectivity index (χ3v) is 4.67. The Labute approximate surface area is 138 Å². The quantitative estimate of drug-likeness (QED) is 0.826. The van der Waals surface area contributed by atoms with Gasteiger partial charge in [0.05, 0.1) is 15.8 Å². The predicted molar refractivity (Wildman–Crippen MR) is 89.5 cm³/mol. The van der Waals surface area contributed by atoms with Crippen molar-refractivity contribution in [2.75, 3.05) is 20.6 Å². The third-order valence-electron chi connectivity index (χ3n) is 3.49. The zero-order valence-electron chi connectivity index (χ0n) is 13.3. The highest BCUT2D eigenvalue weighted by atomic mass is 32.1. The Morgan fingerprint density at radius 2 is 1.91 bits per heavy atom. The number of benzene rings is 1. The van der Waals surface area contributed by atoms with Gasteiger partial charge >= 0.3 is 0 Å². The molecule has 0 unspecified atom stereocenters. The molecule has 0 saturated heterocycles. The molecule has 0 radical (unpaired) electrons. The first kappa shape index (κ1) is 17.3. The molecule has 122 valence electrons. The second kappa shape index (κ2) is 7.48. The van der Waals surface area contributed by atoms with Gasteiger partial charge in [0.1, 0.15) is 5.82 Å². The summed E-state index contributed by atoms with van der Waals surface area (Å²) >= 11 is 1.17. The highest BCUT2D eigenvalue weighted by Gasteiger charge is 2.17. The molecule has 0 aliphatic rings. The Bertz CT molecular complexity index is 712. The average molecular weight is 334 g/mol. The summed E-state index contributed by atoms with van der Waals surface area (Å²) in [7, 11) is 3.75. The number of nitrogens with zero attached hydrogens (tertiary/aromatic N) is 1. The first-order chi connectivity index (χ1) is 10.9. The number of ketones is 1. The van der Waals surface area contributed by atoms with E-state index in [0.717, 1.165) is 5.56 Å². The lowest BCUT2D eigenvalue weighted by atomic mass is 10.1. The van der Waals surface area contributed by atoms with Crippen molar-refractivity contribution >= 4 is 23.0 Å². The SMILES string of the molecule is CC(=O)c1ccc(C(=O)NC[C@H](c2cccc(F)c2)N(C)C)s1. The van der Waals surface area contributed by atoms with Crippen LogP contribution in [0.3, 0.4) is 0 Å². The lowest BCUT2D eigenvalue weighted by Gasteiger charge is -2.25. The van der Waals surface area contributed by atoms with E-state index in [-0.39, 0.29) is 23.5 Å². The molecule has 1 aromatic heterocycles. The van der Waals surface area contributed by atoms with Crippen molar-refractivity contribution in [3.8, 4) is 0 Å². The number of likely N-dealkylation sites (N-methyl/N-ethyl adjacent to an activating group) is 1. The van der Waals surface area contributed by atoms with Crippen molar-refractivity contribution in [2.45, 2.75) is 13.0 Å². The number of thiophene rings is 1. The zero-order chi connectivity index (χ0) is 17.0. The van der Waals surface area contributed by atoms with Gasteiger partial charge in [-0.05, 0) is 50.8 Å². The summed E-state index contributed by atoms with van der Waals surface area (Å²) in [6.07, 6.45) is 0. The molecule has 0 aliphatic heterocycles.